The molecule has 1 amide bonds. The van der Waals surface area contributed by atoms with E-state index in [9.17, 15) is 9.59 Å². The SMILES string of the molecule is Cc1onc(-c2c(Cl)cccc2Cl)c1C(=O)NCCCCCCC(=O)O. The molecule has 2 aromatic rings. The summed E-state index contributed by atoms with van der Waals surface area (Å²) in [5.74, 6) is -0.706. The second kappa shape index (κ2) is 9.59. The number of carboxylic acids is 1. The average molecular weight is 399 g/mol. The molecule has 1 aromatic heterocycles. The van der Waals surface area contributed by atoms with Crippen LogP contribution in [0.3, 0.4) is 0 Å². The van der Waals surface area contributed by atoms with Crippen LogP contribution in [0.2, 0.25) is 10.0 Å². The lowest BCUT2D eigenvalue weighted by Crippen LogP contribution is -2.25. The smallest absolute Gasteiger partial charge is 0.303 e. The van der Waals surface area contributed by atoms with Gasteiger partial charge in [0.15, 0.2) is 0 Å². The zero-order valence-corrected chi connectivity index (χ0v) is 15.9. The van der Waals surface area contributed by atoms with Crippen LogP contribution in [0, 0.1) is 6.92 Å². The lowest BCUT2D eigenvalue weighted by molar-refractivity contribution is -0.137. The number of carbonyl (C=O) groups excluding carboxylic acids is 1. The first-order chi connectivity index (χ1) is 12.4. The summed E-state index contributed by atoms with van der Waals surface area (Å²) >= 11 is 12.4. The zero-order valence-electron chi connectivity index (χ0n) is 14.3. The first kappa shape index (κ1) is 20.3. The summed E-state index contributed by atoms with van der Waals surface area (Å²) in [7, 11) is 0. The fourth-order valence-corrected chi connectivity index (χ4v) is 3.16. The molecule has 0 saturated heterocycles. The van der Waals surface area contributed by atoms with E-state index >= 15 is 0 Å². The highest BCUT2D eigenvalue weighted by molar-refractivity contribution is 6.39. The van der Waals surface area contributed by atoms with E-state index in [1.807, 2.05) is 0 Å². The van der Waals surface area contributed by atoms with Crippen LogP contribution in [0.5, 0.6) is 0 Å². The predicted molar refractivity (Wildman–Crippen MR) is 99.8 cm³/mol. The second-order valence-electron chi connectivity index (χ2n) is 5.87. The molecule has 1 aromatic carbocycles. The first-order valence-electron chi connectivity index (χ1n) is 8.32. The minimum absolute atomic E-state index is 0.175. The largest absolute Gasteiger partial charge is 0.481 e. The Balaban J connectivity index is 1.98. The summed E-state index contributed by atoms with van der Waals surface area (Å²) in [5, 5.41) is 16.2. The number of halogens is 2. The van der Waals surface area contributed by atoms with Crippen molar-refractivity contribution in [2.75, 3.05) is 6.54 Å². The molecule has 0 bridgehead atoms. The van der Waals surface area contributed by atoms with Crippen molar-refractivity contribution < 1.29 is 19.2 Å². The highest BCUT2D eigenvalue weighted by atomic mass is 35.5. The molecule has 0 aliphatic heterocycles. The van der Waals surface area contributed by atoms with Gasteiger partial charge in [0.05, 0.1) is 10.0 Å². The molecule has 2 N–H and O–H groups in total. The molecule has 0 spiro atoms. The van der Waals surface area contributed by atoms with Crippen molar-refractivity contribution >= 4 is 35.1 Å². The monoisotopic (exact) mass is 398 g/mol. The molecule has 0 aliphatic carbocycles. The van der Waals surface area contributed by atoms with Gasteiger partial charge in [0.2, 0.25) is 0 Å². The fourth-order valence-electron chi connectivity index (χ4n) is 2.58. The molecule has 6 nitrogen and oxygen atoms in total. The van der Waals surface area contributed by atoms with Crippen LogP contribution in [-0.4, -0.2) is 28.7 Å². The Morgan fingerprint density at radius 1 is 1.15 bits per heavy atom. The molecule has 1 heterocycles. The fraction of sp³-hybridized carbons (Fsp3) is 0.389. The van der Waals surface area contributed by atoms with Gasteiger partial charge in [0, 0.05) is 18.5 Å². The van der Waals surface area contributed by atoms with Crippen LogP contribution in [0.15, 0.2) is 22.7 Å². The van der Waals surface area contributed by atoms with Gasteiger partial charge in [-0.1, -0.05) is 47.3 Å². The van der Waals surface area contributed by atoms with E-state index in [-0.39, 0.29) is 12.3 Å². The van der Waals surface area contributed by atoms with Crippen molar-refractivity contribution in [3.8, 4) is 11.3 Å². The summed E-state index contributed by atoms with van der Waals surface area (Å²) in [6.45, 7) is 2.13. The number of benzene rings is 1. The third kappa shape index (κ3) is 5.22. The number of aromatic nitrogens is 1. The molecule has 0 unspecified atom stereocenters. The van der Waals surface area contributed by atoms with Crippen LogP contribution < -0.4 is 5.32 Å². The van der Waals surface area contributed by atoms with Crippen molar-refractivity contribution in [1.82, 2.24) is 10.5 Å². The van der Waals surface area contributed by atoms with Gasteiger partial charge in [0.25, 0.3) is 5.91 Å². The summed E-state index contributed by atoms with van der Waals surface area (Å²) in [4.78, 5) is 23.0. The first-order valence-corrected chi connectivity index (χ1v) is 9.08. The molecular weight excluding hydrogens is 379 g/mol. The van der Waals surface area contributed by atoms with Crippen molar-refractivity contribution in [2.45, 2.75) is 39.0 Å². The lowest BCUT2D eigenvalue weighted by Gasteiger charge is -2.08. The number of aliphatic carboxylic acids is 1. The molecule has 26 heavy (non-hydrogen) atoms. The maximum atomic E-state index is 12.5. The van der Waals surface area contributed by atoms with Gasteiger partial charge in [-0.2, -0.15) is 0 Å². The molecule has 0 radical (unpaired) electrons. The topological polar surface area (TPSA) is 92.4 Å². The van der Waals surface area contributed by atoms with E-state index in [0.29, 0.717) is 45.6 Å². The average Bonchev–Trinajstić information content (AvgIpc) is 2.95. The number of carbonyl (C=O) groups is 2. The maximum absolute atomic E-state index is 12.5. The van der Waals surface area contributed by atoms with Crippen molar-refractivity contribution in [3.05, 3.63) is 39.6 Å². The van der Waals surface area contributed by atoms with E-state index < -0.39 is 5.97 Å². The molecular formula is C18H20Cl2N2O4. The number of nitrogens with zero attached hydrogens (tertiary/aromatic N) is 1. The van der Waals surface area contributed by atoms with E-state index in [1.54, 1.807) is 25.1 Å². The third-order valence-corrected chi connectivity index (χ3v) is 4.52. The Kier molecular flexibility index (Phi) is 7.48. The molecule has 0 saturated carbocycles. The van der Waals surface area contributed by atoms with Gasteiger partial charge in [-0.25, -0.2) is 0 Å². The van der Waals surface area contributed by atoms with E-state index in [1.165, 1.54) is 0 Å². The number of hydrogen-bond acceptors (Lipinski definition) is 4. The number of aryl methyl sites for hydroxylation is 1. The van der Waals surface area contributed by atoms with Crippen molar-refractivity contribution in [2.24, 2.45) is 0 Å². The summed E-state index contributed by atoms with van der Waals surface area (Å²) in [6.07, 6.45) is 3.24. The van der Waals surface area contributed by atoms with Crippen LogP contribution in [0.1, 0.15) is 48.2 Å². The number of carboxylic acid groups (broad SMARTS) is 1. The van der Waals surface area contributed by atoms with Crippen molar-refractivity contribution in [1.29, 1.82) is 0 Å². The molecule has 2 rings (SSSR count). The number of amides is 1. The normalized spacial score (nSPS) is 10.7. The van der Waals surface area contributed by atoms with Gasteiger partial charge in [0.1, 0.15) is 17.0 Å². The number of rotatable bonds is 9. The Bertz CT molecular complexity index is 769. The molecule has 140 valence electrons. The summed E-state index contributed by atoms with van der Waals surface area (Å²) in [5.41, 5.74) is 1.09. The van der Waals surface area contributed by atoms with Gasteiger partial charge in [-0.05, 0) is 31.9 Å². The van der Waals surface area contributed by atoms with Gasteiger partial charge < -0.3 is 14.9 Å². The van der Waals surface area contributed by atoms with E-state index in [0.717, 1.165) is 19.3 Å². The Labute approximate surface area is 161 Å². The van der Waals surface area contributed by atoms with E-state index in [2.05, 4.69) is 10.5 Å². The summed E-state index contributed by atoms with van der Waals surface area (Å²) < 4.78 is 5.18. The summed E-state index contributed by atoms with van der Waals surface area (Å²) in [6, 6.07) is 5.06. The van der Waals surface area contributed by atoms with Crippen LogP contribution in [-0.2, 0) is 4.79 Å². The van der Waals surface area contributed by atoms with Crippen LogP contribution in [0.25, 0.3) is 11.3 Å². The molecule has 0 aliphatic rings. The minimum atomic E-state index is -0.785. The minimum Gasteiger partial charge on any atom is -0.481 e. The Hall–Kier alpha value is -2.05. The Morgan fingerprint density at radius 3 is 2.46 bits per heavy atom. The van der Waals surface area contributed by atoms with Gasteiger partial charge in [-0.15, -0.1) is 0 Å². The van der Waals surface area contributed by atoms with Crippen LogP contribution in [0.4, 0.5) is 0 Å². The van der Waals surface area contributed by atoms with Gasteiger partial charge in [-0.3, -0.25) is 9.59 Å². The van der Waals surface area contributed by atoms with E-state index in [4.69, 9.17) is 32.8 Å². The van der Waals surface area contributed by atoms with Crippen molar-refractivity contribution in [3.63, 3.8) is 0 Å². The standard InChI is InChI=1S/C18H20Cl2N2O4/c1-11-15(18(25)21-10-5-3-2-4-9-14(23)24)17(22-26-11)16-12(19)7-6-8-13(16)20/h6-8H,2-5,9-10H2,1H3,(H,21,25)(H,23,24). The zero-order chi connectivity index (χ0) is 19.1. The number of hydrogen-bond donors (Lipinski definition) is 2. The quantitative estimate of drug-likeness (QED) is 0.595. The molecule has 0 fully saturated rings. The second-order valence-corrected chi connectivity index (χ2v) is 6.69. The lowest BCUT2D eigenvalue weighted by atomic mass is 10.1. The van der Waals surface area contributed by atoms with Crippen LogP contribution >= 0.6 is 23.2 Å². The highest BCUT2D eigenvalue weighted by Gasteiger charge is 2.24. The predicted octanol–water partition coefficient (Wildman–Crippen LogP) is 4.72. The molecule has 8 heteroatoms. The molecule has 0 atom stereocenters. The number of unbranched alkanes of at least 4 members (excludes halogenated alkanes) is 3. The Morgan fingerprint density at radius 2 is 1.81 bits per heavy atom. The number of nitrogens with one attached hydrogen (secondary N) is 1. The maximum Gasteiger partial charge on any atom is 0.303 e. The van der Waals surface area contributed by atoms with Gasteiger partial charge >= 0.3 is 5.97 Å². The highest BCUT2D eigenvalue weighted by Crippen LogP contribution is 2.36. The third-order valence-electron chi connectivity index (χ3n) is 3.89.